The number of esters is 1. The molecule has 1 heterocycles. The molecule has 26 heavy (non-hydrogen) atoms. The molecule has 1 aliphatic rings. The Morgan fingerprint density at radius 2 is 1.92 bits per heavy atom. The number of β-amino-alcohol motifs (C(OH)–C–C–N with tert-alkyl or cyclic N) is 1. The van der Waals surface area contributed by atoms with Crippen LogP contribution in [0.4, 0.5) is 5.69 Å². The van der Waals surface area contributed by atoms with Gasteiger partial charge >= 0.3 is 5.97 Å². The van der Waals surface area contributed by atoms with E-state index < -0.39 is 5.97 Å². The lowest BCUT2D eigenvalue weighted by molar-refractivity contribution is -0.136. The van der Waals surface area contributed by atoms with Gasteiger partial charge in [-0.25, -0.2) is 4.79 Å². The van der Waals surface area contributed by atoms with Crippen LogP contribution in [0, 0.1) is 0 Å². The van der Waals surface area contributed by atoms with Gasteiger partial charge in [0.25, 0.3) is 5.91 Å². The van der Waals surface area contributed by atoms with Crippen molar-refractivity contribution in [3.05, 3.63) is 47.7 Å². The SMILES string of the molecule is COC(=O)C1=C(Nc2ccc(OC)c3ccccc23)C(=O)N(CCO)C1. The topological polar surface area (TPSA) is 88.1 Å². The summed E-state index contributed by atoms with van der Waals surface area (Å²) in [5, 5.41) is 14.0. The highest BCUT2D eigenvalue weighted by Crippen LogP contribution is 2.33. The summed E-state index contributed by atoms with van der Waals surface area (Å²) in [5.74, 6) is -0.202. The quantitative estimate of drug-likeness (QED) is 0.763. The predicted molar refractivity (Wildman–Crippen MR) is 96.8 cm³/mol. The van der Waals surface area contributed by atoms with Gasteiger partial charge in [0, 0.05) is 23.0 Å². The fraction of sp³-hybridized carbons (Fsp3) is 0.263. The lowest BCUT2D eigenvalue weighted by Gasteiger charge is -2.16. The van der Waals surface area contributed by atoms with E-state index in [9.17, 15) is 9.59 Å². The number of nitrogens with zero attached hydrogens (tertiary/aromatic N) is 1. The Kier molecular flexibility index (Phi) is 5.09. The van der Waals surface area contributed by atoms with Crippen molar-refractivity contribution in [1.29, 1.82) is 0 Å². The Morgan fingerprint density at radius 1 is 1.19 bits per heavy atom. The fourth-order valence-corrected chi connectivity index (χ4v) is 3.04. The molecular formula is C19H20N2O5. The van der Waals surface area contributed by atoms with Gasteiger partial charge in [0.2, 0.25) is 0 Å². The largest absolute Gasteiger partial charge is 0.496 e. The molecule has 0 aliphatic carbocycles. The normalized spacial score (nSPS) is 14.1. The van der Waals surface area contributed by atoms with Crippen LogP contribution in [0.25, 0.3) is 10.8 Å². The van der Waals surface area contributed by atoms with E-state index >= 15 is 0 Å². The van der Waals surface area contributed by atoms with E-state index in [4.69, 9.17) is 14.6 Å². The van der Waals surface area contributed by atoms with Gasteiger partial charge in [-0.3, -0.25) is 4.79 Å². The number of nitrogens with one attached hydrogen (secondary N) is 1. The summed E-state index contributed by atoms with van der Waals surface area (Å²) in [6.45, 7) is 0.0648. The molecule has 136 valence electrons. The van der Waals surface area contributed by atoms with Crippen molar-refractivity contribution in [3.63, 3.8) is 0 Å². The third-order valence-electron chi connectivity index (χ3n) is 4.32. The molecular weight excluding hydrogens is 336 g/mol. The smallest absolute Gasteiger partial charge is 0.337 e. The van der Waals surface area contributed by atoms with Crippen molar-refractivity contribution >= 4 is 28.3 Å². The molecule has 2 aromatic carbocycles. The number of carbonyl (C=O) groups is 2. The third-order valence-corrected chi connectivity index (χ3v) is 4.32. The summed E-state index contributed by atoms with van der Waals surface area (Å²) in [5.41, 5.74) is 1.09. The summed E-state index contributed by atoms with van der Waals surface area (Å²) in [7, 11) is 2.87. The van der Waals surface area contributed by atoms with Crippen LogP contribution in [0.3, 0.4) is 0 Å². The molecule has 0 atom stereocenters. The van der Waals surface area contributed by atoms with E-state index in [-0.39, 0.29) is 36.9 Å². The number of aliphatic hydroxyl groups is 1. The number of fused-ring (bicyclic) bond motifs is 1. The number of hydrogen-bond acceptors (Lipinski definition) is 6. The second-order valence-electron chi connectivity index (χ2n) is 5.78. The Hall–Kier alpha value is -3.06. The minimum absolute atomic E-state index is 0.0997. The van der Waals surface area contributed by atoms with Gasteiger partial charge in [0.05, 0.1) is 32.9 Å². The molecule has 0 fully saturated rings. The maximum absolute atomic E-state index is 12.7. The summed E-state index contributed by atoms with van der Waals surface area (Å²) in [6, 6.07) is 11.2. The van der Waals surface area contributed by atoms with Crippen LogP contribution in [-0.2, 0) is 14.3 Å². The second-order valence-corrected chi connectivity index (χ2v) is 5.78. The fourth-order valence-electron chi connectivity index (χ4n) is 3.04. The number of ether oxygens (including phenoxy) is 2. The van der Waals surface area contributed by atoms with Crippen LogP contribution >= 0.6 is 0 Å². The molecule has 1 amide bonds. The Labute approximate surface area is 150 Å². The van der Waals surface area contributed by atoms with E-state index in [1.807, 2.05) is 24.3 Å². The Morgan fingerprint density at radius 3 is 2.58 bits per heavy atom. The van der Waals surface area contributed by atoms with Crippen LogP contribution in [0.1, 0.15) is 0 Å². The molecule has 0 saturated heterocycles. The molecule has 0 radical (unpaired) electrons. The summed E-state index contributed by atoms with van der Waals surface area (Å²) >= 11 is 0. The zero-order chi connectivity index (χ0) is 18.7. The van der Waals surface area contributed by atoms with Crippen molar-refractivity contribution < 1.29 is 24.2 Å². The van der Waals surface area contributed by atoms with Gasteiger partial charge in [0.15, 0.2) is 0 Å². The van der Waals surface area contributed by atoms with Gasteiger partial charge in [-0.1, -0.05) is 24.3 Å². The third kappa shape index (κ3) is 3.09. The van der Waals surface area contributed by atoms with E-state index in [1.54, 1.807) is 19.2 Å². The first-order valence-corrected chi connectivity index (χ1v) is 8.15. The van der Waals surface area contributed by atoms with E-state index in [2.05, 4.69) is 5.32 Å². The van der Waals surface area contributed by atoms with Crippen LogP contribution in [-0.4, -0.2) is 55.8 Å². The number of rotatable bonds is 6. The number of anilines is 1. The van der Waals surface area contributed by atoms with Gasteiger partial charge in [-0.2, -0.15) is 0 Å². The molecule has 7 nitrogen and oxygen atoms in total. The average molecular weight is 356 g/mol. The summed E-state index contributed by atoms with van der Waals surface area (Å²) in [4.78, 5) is 26.1. The lowest BCUT2D eigenvalue weighted by atomic mass is 10.1. The highest BCUT2D eigenvalue weighted by Gasteiger charge is 2.34. The minimum Gasteiger partial charge on any atom is -0.496 e. The molecule has 0 unspecified atom stereocenters. The first-order valence-electron chi connectivity index (χ1n) is 8.15. The van der Waals surface area contributed by atoms with Crippen LogP contribution in [0.5, 0.6) is 5.75 Å². The number of methoxy groups -OCH3 is 2. The van der Waals surface area contributed by atoms with Crippen LogP contribution < -0.4 is 10.1 Å². The van der Waals surface area contributed by atoms with Crippen molar-refractivity contribution in [2.45, 2.75) is 0 Å². The first kappa shape index (κ1) is 17.8. The Balaban J connectivity index is 2.04. The van der Waals surface area contributed by atoms with E-state index in [0.717, 1.165) is 10.8 Å². The number of benzene rings is 2. The molecule has 0 aromatic heterocycles. The van der Waals surface area contributed by atoms with Crippen LogP contribution in [0.15, 0.2) is 47.7 Å². The van der Waals surface area contributed by atoms with Gasteiger partial charge < -0.3 is 24.8 Å². The molecule has 2 N–H and O–H groups in total. The maximum Gasteiger partial charge on any atom is 0.337 e. The minimum atomic E-state index is -0.570. The van der Waals surface area contributed by atoms with Gasteiger partial charge in [-0.15, -0.1) is 0 Å². The standard InChI is InChI=1S/C19H20N2O5/c1-25-16-8-7-15(12-5-3-4-6-13(12)16)20-17-14(19(24)26-2)11-21(9-10-22)18(17)23/h3-8,20,22H,9-11H2,1-2H3. The monoisotopic (exact) mass is 356 g/mol. The molecule has 3 rings (SSSR count). The highest BCUT2D eigenvalue weighted by molar-refractivity contribution is 6.10. The first-order chi connectivity index (χ1) is 12.6. The molecule has 1 aliphatic heterocycles. The second kappa shape index (κ2) is 7.45. The zero-order valence-electron chi connectivity index (χ0n) is 14.6. The van der Waals surface area contributed by atoms with E-state index in [1.165, 1.54) is 12.0 Å². The molecule has 0 bridgehead atoms. The molecule has 0 saturated carbocycles. The zero-order valence-corrected chi connectivity index (χ0v) is 14.6. The van der Waals surface area contributed by atoms with Crippen LogP contribution in [0.2, 0.25) is 0 Å². The van der Waals surface area contributed by atoms with Crippen molar-refractivity contribution in [1.82, 2.24) is 4.90 Å². The molecule has 7 heteroatoms. The predicted octanol–water partition coefficient (Wildman–Crippen LogP) is 1.52. The average Bonchev–Trinajstić information content (AvgIpc) is 2.97. The summed E-state index contributed by atoms with van der Waals surface area (Å²) < 4.78 is 10.2. The van der Waals surface area contributed by atoms with Gasteiger partial charge in [0.1, 0.15) is 11.4 Å². The van der Waals surface area contributed by atoms with Gasteiger partial charge in [-0.05, 0) is 12.1 Å². The number of aliphatic hydroxyl groups excluding tert-OH is 1. The lowest BCUT2D eigenvalue weighted by Crippen LogP contribution is -2.31. The van der Waals surface area contributed by atoms with Crippen molar-refractivity contribution in [2.75, 3.05) is 39.2 Å². The van der Waals surface area contributed by atoms with Crippen molar-refractivity contribution in [2.24, 2.45) is 0 Å². The number of hydrogen-bond donors (Lipinski definition) is 2. The number of amides is 1. The number of carbonyl (C=O) groups excluding carboxylic acids is 2. The highest BCUT2D eigenvalue weighted by atomic mass is 16.5. The summed E-state index contributed by atoms with van der Waals surface area (Å²) in [6.07, 6.45) is 0. The van der Waals surface area contributed by atoms with E-state index in [0.29, 0.717) is 11.4 Å². The maximum atomic E-state index is 12.7. The van der Waals surface area contributed by atoms with Crippen molar-refractivity contribution in [3.8, 4) is 5.75 Å². The Bertz CT molecular complexity index is 891. The molecule has 2 aromatic rings. The molecule has 0 spiro atoms.